The van der Waals surface area contributed by atoms with Crippen molar-refractivity contribution >= 4 is 16.9 Å². The van der Waals surface area contributed by atoms with Gasteiger partial charge >= 0.3 is 5.97 Å². The number of methoxy groups -OCH3 is 1. The Morgan fingerprint density at radius 2 is 2.14 bits per heavy atom. The highest BCUT2D eigenvalue weighted by molar-refractivity contribution is 5.91. The number of hydrogen-bond acceptors (Lipinski definition) is 4. The van der Waals surface area contributed by atoms with Gasteiger partial charge in [0.15, 0.2) is 0 Å². The van der Waals surface area contributed by atoms with Gasteiger partial charge in [0.1, 0.15) is 5.54 Å². The third-order valence-electron chi connectivity index (χ3n) is 5.35. The molecule has 22 heavy (non-hydrogen) atoms. The van der Waals surface area contributed by atoms with Crippen molar-refractivity contribution in [3.05, 3.63) is 35.5 Å². The van der Waals surface area contributed by atoms with Crippen LogP contribution in [0.15, 0.2) is 24.3 Å². The third kappa shape index (κ3) is 1.58. The molecule has 4 rings (SSSR count). The zero-order valence-corrected chi connectivity index (χ0v) is 13.2. The normalized spacial score (nSPS) is 27.7. The van der Waals surface area contributed by atoms with Crippen molar-refractivity contribution in [2.45, 2.75) is 18.0 Å². The number of esters is 1. The van der Waals surface area contributed by atoms with Gasteiger partial charge < -0.3 is 14.2 Å². The predicted octanol–water partition coefficient (Wildman–Crippen LogP) is 1.22. The quantitative estimate of drug-likeness (QED) is 0.805. The molecule has 116 valence electrons. The predicted molar refractivity (Wildman–Crippen MR) is 84.7 cm³/mol. The Labute approximate surface area is 129 Å². The second-order valence-electron chi connectivity index (χ2n) is 6.50. The number of rotatable bonds is 1. The Morgan fingerprint density at radius 3 is 2.91 bits per heavy atom. The number of nitrogens with zero attached hydrogens (tertiary/aromatic N) is 2. The van der Waals surface area contributed by atoms with Crippen LogP contribution >= 0.6 is 0 Å². The van der Waals surface area contributed by atoms with Gasteiger partial charge in [-0.15, -0.1) is 0 Å². The first kappa shape index (κ1) is 13.8. The molecular formula is C17H21N3O2. The molecule has 1 N–H and O–H groups in total. The summed E-state index contributed by atoms with van der Waals surface area (Å²) in [4.78, 5) is 14.8. The number of fused-ring (bicyclic) bond motifs is 5. The third-order valence-corrected chi connectivity index (χ3v) is 5.35. The van der Waals surface area contributed by atoms with Crippen molar-refractivity contribution in [1.29, 1.82) is 0 Å². The number of aromatic nitrogens is 1. The monoisotopic (exact) mass is 299 g/mol. The van der Waals surface area contributed by atoms with Crippen LogP contribution in [-0.2, 0) is 23.1 Å². The summed E-state index contributed by atoms with van der Waals surface area (Å²) >= 11 is 0. The lowest BCUT2D eigenvalue weighted by atomic mass is 9.78. The van der Waals surface area contributed by atoms with Gasteiger partial charge in [-0.1, -0.05) is 18.2 Å². The lowest BCUT2D eigenvalue weighted by Crippen LogP contribution is -2.59. The summed E-state index contributed by atoms with van der Waals surface area (Å²) in [6.07, 6.45) is 0. The number of likely N-dealkylation sites (N-methyl/N-ethyl adjacent to an activating group) is 1. The second kappa shape index (κ2) is 4.57. The summed E-state index contributed by atoms with van der Waals surface area (Å²) in [5, 5.41) is 4.76. The standard InChI is InChI=1S/C17H21N3O2/c1-19-9-12-15-11-6-4-5-7-13(11)20(2)14(15)8-18-17(12,10-19)16(21)22-3/h4-7,12,18H,8-10H2,1-3H3/t12-,17-/m1/s1. The highest BCUT2D eigenvalue weighted by Gasteiger charge is 2.56. The van der Waals surface area contributed by atoms with E-state index in [1.807, 2.05) is 0 Å². The minimum atomic E-state index is -0.624. The van der Waals surface area contributed by atoms with E-state index in [4.69, 9.17) is 4.74 Å². The van der Waals surface area contributed by atoms with Crippen LogP contribution in [0.1, 0.15) is 17.2 Å². The van der Waals surface area contributed by atoms with Crippen LogP contribution in [0.25, 0.3) is 10.9 Å². The Bertz CT molecular complexity index is 767. The molecule has 0 bridgehead atoms. The molecule has 5 nitrogen and oxygen atoms in total. The molecule has 3 heterocycles. The van der Waals surface area contributed by atoms with Crippen LogP contribution in [0, 0.1) is 0 Å². The van der Waals surface area contributed by atoms with E-state index in [-0.39, 0.29) is 11.9 Å². The van der Waals surface area contributed by atoms with Gasteiger partial charge in [0.25, 0.3) is 0 Å². The molecule has 2 aromatic rings. The van der Waals surface area contributed by atoms with Crippen molar-refractivity contribution in [3.8, 4) is 0 Å². The molecule has 1 fully saturated rings. The van der Waals surface area contributed by atoms with Crippen LogP contribution in [0.3, 0.4) is 0 Å². The maximum Gasteiger partial charge on any atom is 0.328 e. The van der Waals surface area contributed by atoms with Crippen molar-refractivity contribution in [3.63, 3.8) is 0 Å². The lowest BCUT2D eigenvalue weighted by molar-refractivity contribution is -0.149. The molecule has 1 saturated heterocycles. The number of nitrogens with one attached hydrogen (secondary N) is 1. The zero-order chi connectivity index (χ0) is 15.5. The lowest BCUT2D eigenvalue weighted by Gasteiger charge is -2.37. The van der Waals surface area contributed by atoms with E-state index in [1.165, 1.54) is 29.3 Å². The minimum Gasteiger partial charge on any atom is -0.468 e. The van der Waals surface area contributed by atoms with E-state index in [2.05, 4.69) is 53.1 Å². The van der Waals surface area contributed by atoms with Gasteiger partial charge in [-0.2, -0.15) is 0 Å². The van der Waals surface area contributed by atoms with E-state index < -0.39 is 5.54 Å². The number of carbonyl (C=O) groups is 1. The van der Waals surface area contributed by atoms with Crippen LogP contribution in [-0.4, -0.2) is 48.2 Å². The van der Waals surface area contributed by atoms with Gasteiger partial charge in [-0.3, -0.25) is 5.32 Å². The molecule has 0 unspecified atom stereocenters. The van der Waals surface area contributed by atoms with Crippen molar-refractivity contribution < 1.29 is 9.53 Å². The van der Waals surface area contributed by atoms with Crippen LogP contribution in [0.2, 0.25) is 0 Å². The van der Waals surface area contributed by atoms with Crippen LogP contribution in [0.4, 0.5) is 0 Å². The fourth-order valence-electron chi connectivity index (χ4n) is 4.37. The van der Waals surface area contributed by atoms with Gasteiger partial charge in [0.05, 0.1) is 7.11 Å². The SMILES string of the molecule is COC(=O)[C@@]12CN(C)C[C@@H]1c1c(n(C)c3ccccc13)CN2. The molecule has 0 radical (unpaired) electrons. The van der Waals surface area contributed by atoms with E-state index in [9.17, 15) is 4.79 Å². The summed E-state index contributed by atoms with van der Waals surface area (Å²) in [5.74, 6) is -0.0276. The number of likely N-dealkylation sites (tertiary alicyclic amines) is 1. The maximum absolute atomic E-state index is 12.6. The van der Waals surface area contributed by atoms with Crippen molar-refractivity contribution in [2.75, 3.05) is 27.2 Å². The summed E-state index contributed by atoms with van der Waals surface area (Å²) in [6, 6.07) is 8.45. The topological polar surface area (TPSA) is 46.5 Å². The highest BCUT2D eigenvalue weighted by Crippen LogP contribution is 2.45. The number of carbonyl (C=O) groups excluding carboxylic acids is 1. The first-order chi connectivity index (χ1) is 10.6. The van der Waals surface area contributed by atoms with Crippen LogP contribution in [0.5, 0.6) is 0 Å². The van der Waals surface area contributed by atoms with Crippen molar-refractivity contribution in [2.24, 2.45) is 7.05 Å². The van der Waals surface area contributed by atoms with E-state index in [0.717, 1.165) is 6.54 Å². The molecule has 5 heteroatoms. The number of para-hydroxylation sites is 1. The highest BCUT2D eigenvalue weighted by atomic mass is 16.5. The van der Waals surface area contributed by atoms with E-state index >= 15 is 0 Å². The number of aryl methyl sites for hydroxylation is 1. The van der Waals surface area contributed by atoms with Gasteiger partial charge in [0.2, 0.25) is 0 Å². The molecule has 0 amide bonds. The Kier molecular flexibility index (Phi) is 2.86. The zero-order valence-electron chi connectivity index (χ0n) is 13.2. The van der Waals surface area contributed by atoms with Gasteiger partial charge in [0, 0.05) is 49.2 Å². The Morgan fingerprint density at radius 1 is 1.36 bits per heavy atom. The Hall–Kier alpha value is -1.85. The number of benzene rings is 1. The smallest absolute Gasteiger partial charge is 0.328 e. The number of ether oxygens (including phenoxy) is 1. The molecule has 2 aliphatic rings. The molecule has 2 atom stereocenters. The molecule has 1 aromatic carbocycles. The van der Waals surface area contributed by atoms with E-state index in [0.29, 0.717) is 13.1 Å². The number of hydrogen-bond donors (Lipinski definition) is 1. The molecule has 0 spiro atoms. The van der Waals surface area contributed by atoms with Crippen molar-refractivity contribution in [1.82, 2.24) is 14.8 Å². The minimum absolute atomic E-state index is 0.125. The largest absolute Gasteiger partial charge is 0.468 e. The summed E-state index contributed by atoms with van der Waals surface area (Å²) in [5.41, 5.74) is 3.19. The first-order valence-electron chi connectivity index (χ1n) is 7.66. The molecule has 2 aliphatic heterocycles. The molecule has 0 aliphatic carbocycles. The van der Waals surface area contributed by atoms with Gasteiger partial charge in [-0.05, 0) is 18.7 Å². The Balaban J connectivity index is 1.97. The average molecular weight is 299 g/mol. The van der Waals surface area contributed by atoms with E-state index in [1.54, 1.807) is 0 Å². The first-order valence-corrected chi connectivity index (χ1v) is 7.66. The fraction of sp³-hybridized carbons (Fsp3) is 0.471. The molecule has 1 aromatic heterocycles. The van der Waals surface area contributed by atoms with Crippen LogP contribution < -0.4 is 5.32 Å². The average Bonchev–Trinajstić information content (AvgIpc) is 3.02. The molecule has 0 saturated carbocycles. The molecular weight excluding hydrogens is 278 g/mol. The summed E-state index contributed by atoms with van der Waals surface area (Å²) < 4.78 is 7.39. The van der Waals surface area contributed by atoms with Gasteiger partial charge in [-0.25, -0.2) is 4.79 Å². The second-order valence-corrected chi connectivity index (χ2v) is 6.50. The summed E-state index contributed by atoms with van der Waals surface area (Å²) in [7, 11) is 5.65. The summed E-state index contributed by atoms with van der Waals surface area (Å²) in [6.45, 7) is 2.25. The maximum atomic E-state index is 12.6. The fourth-order valence-corrected chi connectivity index (χ4v) is 4.37.